The van der Waals surface area contributed by atoms with Gasteiger partial charge in [-0.3, -0.25) is 0 Å². The lowest BCUT2D eigenvalue weighted by molar-refractivity contribution is 0.501. The van der Waals surface area contributed by atoms with Crippen LogP contribution in [0.3, 0.4) is 0 Å². The maximum atomic E-state index is 4.72. The summed E-state index contributed by atoms with van der Waals surface area (Å²) in [6.07, 6.45) is 2.15. The van der Waals surface area contributed by atoms with Crippen LogP contribution in [0.4, 0.5) is 5.82 Å². The number of aryl methyl sites for hydroxylation is 1. The summed E-state index contributed by atoms with van der Waals surface area (Å²) in [5, 5.41) is 8.23. The number of hydrogen-bond donors (Lipinski definition) is 1. The van der Waals surface area contributed by atoms with E-state index in [2.05, 4.69) is 63.2 Å². The van der Waals surface area contributed by atoms with E-state index in [1.165, 1.54) is 11.3 Å². The van der Waals surface area contributed by atoms with Crippen molar-refractivity contribution in [3.05, 3.63) is 46.1 Å². The van der Waals surface area contributed by atoms with Crippen molar-refractivity contribution in [1.29, 1.82) is 0 Å². The third-order valence-electron chi connectivity index (χ3n) is 3.63. The molecule has 4 heteroatoms. The van der Waals surface area contributed by atoms with Crippen LogP contribution in [0.25, 0.3) is 0 Å². The minimum Gasteiger partial charge on any atom is -0.369 e. The van der Waals surface area contributed by atoms with Crippen molar-refractivity contribution >= 4 is 21.7 Å². The van der Waals surface area contributed by atoms with Gasteiger partial charge in [0.25, 0.3) is 0 Å². The SMILES string of the molecule is CCCc1nn2c(c1Br)NCC(c1ccccc1)C2. The molecule has 0 bridgehead atoms. The van der Waals surface area contributed by atoms with Gasteiger partial charge in [-0.05, 0) is 27.9 Å². The second kappa shape index (κ2) is 5.37. The molecule has 3 rings (SSSR count). The van der Waals surface area contributed by atoms with E-state index in [1.807, 2.05) is 0 Å². The Morgan fingerprint density at radius 1 is 1.37 bits per heavy atom. The fraction of sp³-hybridized carbons (Fsp3) is 0.400. The number of benzene rings is 1. The van der Waals surface area contributed by atoms with Gasteiger partial charge in [0.15, 0.2) is 0 Å². The first-order valence-electron chi connectivity index (χ1n) is 6.83. The molecule has 0 aliphatic carbocycles. The Balaban J connectivity index is 1.86. The second-order valence-electron chi connectivity index (χ2n) is 5.03. The number of hydrogen-bond acceptors (Lipinski definition) is 2. The minimum absolute atomic E-state index is 0.495. The molecule has 1 N–H and O–H groups in total. The van der Waals surface area contributed by atoms with Crippen LogP contribution in [-0.4, -0.2) is 16.3 Å². The van der Waals surface area contributed by atoms with Gasteiger partial charge in [-0.1, -0.05) is 43.7 Å². The molecule has 100 valence electrons. The van der Waals surface area contributed by atoms with Gasteiger partial charge in [0.1, 0.15) is 5.82 Å². The zero-order chi connectivity index (χ0) is 13.2. The fourth-order valence-electron chi connectivity index (χ4n) is 2.63. The zero-order valence-corrected chi connectivity index (χ0v) is 12.7. The van der Waals surface area contributed by atoms with E-state index in [4.69, 9.17) is 5.10 Å². The molecule has 1 atom stereocenters. The molecular formula is C15H18BrN3. The van der Waals surface area contributed by atoms with E-state index in [9.17, 15) is 0 Å². The van der Waals surface area contributed by atoms with E-state index in [1.54, 1.807) is 0 Å². The topological polar surface area (TPSA) is 29.9 Å². The number of halogens is 1. The highest BCUT2D eigenvalue weighted by molar-refractivity contribution is 9.10. The quantitative estimate of drug-likeness (QED) is 0.932. The summed E-state index contributed by atoms with van der Waals surface area (Å²) in [5.41, 5.74) is 2.54. The van der Waals surface area contributed by atoms with Gasteiger partial charge < -0.3 is 5.32 Å². The maximum Gasteiger partial charge on any atom is 0.139 e. The van der Waals surface area contributed by atoms with Crippen molar-refractivity contribution in [3.8, 4) is 0 Å². The van der Waals surface area contributed by atoms with E-state index < -0.39 is 0 Å². The predicted molar refractivity (Wildman–Crippen MR) is 81.6 cm³/mol. The molecule has 0 spiro atoms. The van der Waals surface area contributed by atoms with Crippen LogP contribution in [0.5, 0.6) is 0 Å². The van der Waals surface area contributed by atoms with Gasteiger partial charge in [-0.25, -0.2) is 4.68 Å². The molecule has 2 heterocycles. The third-order valence-corrected chi connectivity index (χ3v) is 4.46. The average Bonchev–Trinajstić information content (AvgIpc) is 2.76. The third kappa shape index (κ3) is 2.41. The fourth-order valence-corrected chi connectivity index (χ4v) is 3.25. The lowest BCUT2D eigenvalue weighted by atomic mass is 9.98. The molecule has 19 heavy (non-hydrogen) atoms. The van der Waals surface area contributed by atoms with Crippen molar-refractivity contribution < 1.29 is 0 Å². The van der Waals surface area contributed by atoms with Crippen LogP contribution >= 0.6 is 15.9 Å². The normalized spacial score (nSPS) is 17.9. The number of aromatic nitrogens is 2. The number of anilines is 1. The van der Waals surface area contributed by atoms with Crippen LogP contribution in [0.2, 0.25) is 0 Å². The standard InChI is InChI=1S/C15H18BrN3/c1-2-6-13-14(16)15-17-9-12(10-19(15)18-13)11-7-4-3-5-8-11/h3-5,7-8,12,17H,2,6,9-10H2,1H3. The molecule has 0 fully saturated rings. The second-order valence-corrected chi connectivity index (χ2v) is 5.82. The Morgan fingerprint density at radius 3 is 2.89 bits per heavy atom. The maximum absolute atomic E-state index is 4.72. The monoisotopic (exact) mass is 319 g/mol. The molecule has 0 saturated heterocycles. The van der Waals surface area contributed by atoms with E-state index in [-0.39, 0.29) is 0 Å². The average molecular weight is 320 g/mol. The van der Waals surface area contributed by atoms with Crippen molar-refractivity contribution in [3.63, 3.8) is 0 Å². The largest absolute Gasteiger partial charge is 0.369 e. The summed E-state index contributed by atoms with van der Waals surface area (Å²) in [6, 6.07) is 10.7. The number of nitrogens with one attached hydrogen (secondary N) is 1. The van der Waals surface area contributed by atoms with Crippen LogP contribution in [0.15, 0.2) is 34.8 Å². The molecule has 3 nitrogen and oxygen atoms in total. The number of nitrogens with zero attached hydrogens (tertiary/aromatic N) is 2. The van der Waals surface area contributed by atoms with Crippen molar-refractivity contribution in [1.82, 2.24) is 9.78 Å². The van der Waals surface area contributed by atoms with Crippen molar-refractivity contribution in [2.75, 3.05) is 11.9 Å². The highest BCUT2D eigenvalue weighted by Crippen LogP contribution is 2.33. The van der Waals surface area contributed by atoms with Gasteiger partial charge in [0, 0.05) is 12.5 Å². The van der Waals surface area contributed by atoms with Crippen LogP contribution in [0, 0.1) is 0 Å². The van der Waals surface area contributed by atoms with Crippen LogP contribution in [-0.2, 0) is 13.0 Å². The highest BCUT2D eigenvalue weighted by atomic mass is 79.9. The van der Waals surface area contributed by atoms with Gasteiger partial charge in [0.2, 0.25) is 0 Å². The number of fused-ring (bicyclic) bond motifs is 1. The summed E-state index contributed by atoms with van der Waals surface area (Å²) < 4.78 is 3.25. The van der Waals surface area contributed by atoms with Crippen LogP contribution < -0.4 is 5.32 Å². The lowest BCUT2D eigenvalue weighted by Gasteiger charge is -2.25. The first-order valence-corrected chi connectivity index (χ1v) is 7.63. The summed E-state index contributed by atoms with van der Waals surface area (Å²) in [4.78, 5) is 0. The molecule has 0 amide bonds. The van der Waals surface area contributed by atoms with Gasteiger partial charge in [0.05, 0.1) is 16.7 Å². The highest BCUT2D eigenvalue weighted by Gasteiger charge is 2.24. The zero-order valence-electron chi connectivity index (χ0n) is 11.1. The Bertz CT molecular complexity index is 562. The lowest BCUT2D eigenvalue weighted by Crippen LogP contribution is -2.26. The Labute approximate surface area is 122 Å². The van der Waals surface area contributed by atoms with Crippen LogP contribution in [0.1, 0.15) is 30.5 Å². The van der Waals surface area contributed by atoms with Gasteiger partial charge in [-0.15, -0.1) is 0 Å². The Kier molecular flexibility index (Phi) is 3.60. The molecule has 2 aromatic rings. The van der Waals surface area contributed by atoms with E-state index in [0.29, 0.717) is 5.92 Å². The Morgan fingerprint density at radius 2 is 2.16 bits per heavy atom. The molecule has 1 aliphatic heterocycles. The van der Waals surface area contributed by atoms with E-state index >= 15 is 0 Å². The summed E-state index contributed by atoms with van der Waals surface area (Å²) >= 11 is 3.67. The Hall–Kier alpha value is -1.29. The molecule has 0 saturated carbocycles. The first kappa shape index (κ1) is 12.7. The molecule has 1 aromatic heterocycles. The van der Waals surface area contributed by atoms with E-state index in [0.717, 1.165) is 36.2 Å². The summed E-state index contributed by atoms with van der Waals surface area (Å²) in [7, 11) is 0. The molecular weight excluding hydrogens is 302 g/mol. The molecule has 0 radical (unpaired) electrons. The van der Waals surface area contributed by atoms with Gasteiger partial charge >= 0.3 is 0 Å². The van der Waals surface area contributed by atoms with Crippen molar-refractivity contribution in [2.24, 2.45) is 0 Å². The predicted octanol–water partition coefficient (Wildman–Crippen LogP) is 3.81. The number of rotatable bonds is 3. The molecule has 1 aliphatic rings. The van der Waals surface area contributed by atoms with Gasteiger partial charge in [-0.2, -0.15) is 5.10 Å². The first-order chi connectivity index (χ1) is 9.29. The van der Waals surface area contributed by atoms with Crippen molar-refractivity contribution in [2.45, 2.75) is 32.2 Å². The summed E-state index contributed by atoms with van der Waals surface area (Å²) in [5.74, 6) is 1.63. The minimum atomic E-state index is 0.495. The molecule has 1 unspecified atom stereocenters. The smallest absolute Gasteiger partial charge is 0.139 e. The summed E-state index contributed by atoms with van der Waals surface area (Å²) in [6.45, 7) is 4.11. The molecule has 1 aromatic carbocycles.